The number of hydrogen-bond acceptors (Lipinski definition) is 2. The highest BCUT2D eigenvalue weighted by molar-refractivity contribution is 5.97. The summed E-state index contributed by atoms with van der Waals surface area (Å²) in [4.78, 5) is 14.3. The van der Waals surface area contributed by atoms with Gasteiger partial charge in [-0.2, -0.15) is 0 Å². The molecule has 1 aliphatic rings. The van der Waals surface area contributed by atoms with Gasteiger partial charge in [0.1, 0.15) is 5.75 Å². The van der Waals surface area contributed by atoms with Gasteiger partial charge in [-0.25, -0.2) is 0 Å². The Morgan fingerprint density at radius 1 is 1.21 bits per heavy atom. The third kappa shape index (κ3) is 3.72. The van der Waals surface area contributed by atoms with Crippen LogP contribution in [0.15, 0.2) is 24.3 Å². The first kappa shape index (κ1) is 13.9. The first-order valence-electron chi connectivity index (χ1n) is 7.34. The highest BCUT2D eigenvalue weighted by Crippen LogP contribution is 2.22. The summed E-state index contributed by atoms with van der Waals surface area (Å²) < 4.78 is 5.77. The molecule has 1 aromatic rings. The van der Waals surface area contributed by atoms with E-state index in [1.807, 2.05) is 29.2 Å². The maximum Gasteiger partial charge on any atom is 0.257 e. The topological polar surface area (TPSA) is 29.5 Å². The number of para-hydroxylation sites is 1. The smallest absolute Gasteiger partial charge is 0.257 e. The van der Waals surface area contributed by atoms with Crippen LogP contribution >= 0.6 is 0 Å². The predicted octanol–water partition coefficient (Wildman–Crippen LogP) is 3.49. The van der Waals surface area contributed by atoms with E-state index in [1.54, 1.807) is 0 Å². The molecule has 104 valence electrons. The predicted molar refractivity (Wildman–Crippen MR) is 76.6 cm³/mol. The van der Waals surface area contributed by atoms with Crippen molar-refractivity contribution in [2.75, 3.05) is 19.7 Å². The van der Waals surface area contributed by atoms with Crippen molar-refractivity contribution in [3.05, 3.63) is 29.8 Å². The average molecular weight is 261 g/mol. The fourth-order valence-electron chi connectivity index (χ4n) is 2.39. The van der Waals surface area contributed by atoms with Gasteiger partial charge in [-0.3, -0.25) is 4.79 Å². The van der Waals surface area contributed by atoms with Gasteiger partial charge in [0, 0.05) is 13.1 Å². The lowest BCUT2D eigenvalue weighted by molar-refractivity contribution is 0.0788. The van der Waals surface area contributed by atoms with E-state index in [9.17, 15) is 4.79 Å². The Morgan fingerprint density at radius 3 is 2.68 bits per heavy atom. The fourth-order valence-corrected chi connectivity index (χ4v) is 2.39. The molecule has 3 heteroatoms. The standard InChI is InChI=1S/C16H23NO2/c1-2-3-8-13-19-15-10-5-4-9-14(15)16(18)17-11-6-7-12-17/h4-5,9-10H,2-3,6-8,11-13H2,1H3. The molecule has 1 aromatic carbocycles. The molecule has 1 fully saturated rings. The van der Waals surface area contributed by atoms with Crippen LogP contribution in [0.5, 0.6) is 5.75 Å². The molecule has 0 aliphatic carbocycles. The van der Waals surface area contributed by atoms with Crippen LogP contribution in [0, 0.1) is 0 Å². The molecular formula is C16H23NO2. The molecule has 19 heavy (non-hydrogen) atoms. The van der Waals surface area contributed by atoms with E-state index < -0.39 is 0 Å². The monoisotopic (exact) mass is 261 g/mol. The van der Waals surface area contributed by atoms with Crippen LogP contribution in [0.3, 0.4) is 0 Å². The van der Waals surface area contributed by atoms with Crippen molar-refractivity contribution in [3.63, 3.8) is 0 Å². The minimum atomic E-state index is 0.114. The van der Waals surface area contributed by atoms with Gasteiger partial charge in [0.25, 0.3) is 5.91 Å². The van der Waals surface area contributed by atoms with Crippen LogP contribution in [-0.4, -0.2) is 30.5 Å². The Morgan fingerprint density at radius 2 is 1.95 bits per heavy atom. The summed E-state index contributed by atoms with van der Waals surface area (Å²) in [7, 11) is 0. The lowest BCUT2D eigenvalue weighted by atomic mass is 10.1. The molecule has 0 radical (unpaired) electrons. The number of benzene rings is 1. The maximum atomic E-state index is 12.4. The first-order valence-corrected chi connectivity index (χ1v) is 7.34. The molecule has 0 unspecified atom stereocenters. The quantitative estimate of drug-likeness (QED) is 0.734. The summed E-state index contributed by atoms with van der Waals surface area (Å²) >= 11 is 0. The van der Waals surface area contributed by atoms with Gasteiger partial charge in [0.05, 0.1) is 12.2 Å². The molecule has 1 heterocycles. The zero-order valence-electron chi connectivity index (χ0n) is 11.7. The number of carbonyl (C=O) groups excluding carboxylic acids is 1. The maximum absolute atomic E-state index is 12.4. The van der Waals surface area contributed by atoms with Crippen LogP contribution in [0.25, 0.3) is 0 Å². The molecule has 1 saturated heterocycles. The molecule has 0 atom stereocenters. The third-order valence-corrected chi connectivity index (χ3v) is 3.52. The van der Waals surface area contributed by atoms with Crippen molar-refractivity contribution in [2.24, 2.45) is 0 Å². The normalized spacial score (nSPS) is 14.7. The van der Waals surface area contributed by atoms with Crippen molar-refractivity contribution in [3.8, 4) is 5.75 Å². The van der Waals surface area contributed by atoms with Crippen LogP contribution in [0.4, 0.5) is 0 Å². The highest BCUT2D eigenvalue weighted by atomic mass is 16.5. The van der Waals surface area contributed by atoms with Crippen molar-refractivity contribution < 1.29 is 9.53 Å². The van der Waals surface area contributed by atoms with Crippen molar-refractivity contribution in [2.45, 2.75) is 39.0 Å². The summed E-state index contributed by atoms with van der Waals surface area (Å²) in [6, 6.07) is 7.60. The Labute approximate surface area is 115 Å². The Kier molecular flexibility index (Phi) is 5.25. The molecule has 0 spiro atoms. The second-order valence-electron chi connectivity index (χ2n) is 5.05. The largest absolute Gasteiger partial charge is 0.493 e. The molecule has 3 nitrogen and oxygen atoms in total. The second kappa shape index (κ2) is 7.17. The van der Waals surface area contributed by atoms with E-state index in [0.29, 0.717) is 12.2 Å². The molecule has 1 aliphatic heterocycles. The molecule has 2 rings (SSSR count). The molecule has 0 N–H and O–H groups in total. The van der Waals surface area contributed by atoms with Crippen LogP contribution < -0.4 is 4.74 Å². The summed E-state index contributed by atoms with van der Waals surface area (Å²) in [5, 5.41) is 0. The number of rotatable bonds is 6. The van der Waals surface area contributed by atoms with Gasteiger partial charge in [-0.1, -0.05) is 31.9 Å². The molecule has 0 saturated carbocycles. The molecule has 1 amide bonds. The first-order chi connectivity index (χ1) is 9.33. The van der Waals surface area contributed by atoms with Gasteiger partial charge in [0.2, 0.25) is 0 Å². The summed E-state index contributed by atoms with van der Waals surface area (Å²) in [6.45, 7) is 4.62. The lowest BCUT2D eigenvalue weighted by Gasteiger charge is -2.17. The molecule has 0 bridgehead atoms. The van der Waals surface area contributed by atoms with E-state index in [-0.39, 0.29) is 5.91 Å². The van der Waals surface area contributed by atoms with E-state index in [1.165, 1.54) is 12.8 Å². The zero-order chi connectivity index (χ0) is 13.5. The zero-order valence-corrected chi connectivity index (χ0v) is 11.7. The van der Waals surface area contributed by atoms with Gasteiger partial charge < -0.3 is 9.64 Å². The second-order valence-corrected chi connectivity index (χ2v) is 5.05. The number of ether oxygens (including phenoxy) is 1. The van der Waals surface area contributed by atoms with Crippen molar-refractivity contribution in [1.82, 2.24) is 4.90 Å². The average Bonchev–Trinajstić information content (AvgIpc) is 2.97. The van der Waals surface area contributed by atoms with E-state index >= 15 is 0 Å². The summed E-state index contributed by atoms with van der Waals surface area (Å²) in [6.07, 6.45) is 5.62. The van der Waals surface area contributed by atoms with Crippen molar-refractivity contribution in [1.29, 1.82) is 0 Å². The van der Waals surface area contributed by atoms with Crippen molar-refractivity contribution >= 4 is 5.91 Å². The van der Waals surface area contributed by atoms with E-state index in [2.05, 4.69) is 6.92 Å². The van der Waals surface area contributed by atoms with Crippen LogP contribution in [-0.2, 0) is 0 Å². The van der Waals surface area contributed by atoms with Gasteiger partial charge in [-0.05, 0) is 31.4 Å². The third-order valence-electron chi connectivity index (χ3n) is 3.52. The minimum Gasteiger partial charge on any atom is -0.493 e. The van der Waals surface area contributed by atoms with E-state index in [4.69, 9.17) is 4.74 Å². The lowest BCUT2D eigenvalue weighted by Crippen LogP contribution is -2.28. The number of hydrogen-bond donors (Lipinski definition) is 0. The van der Waals surface area contributed by atoms with Gasteiger partial charge in [0.15, 0.2) is 0 Å². The van der Waals surface area contributed by atoms with Gasteiger partial charge in [-0.15, -0.1) is 0 Å². The SMILES string of the molecule is CCCCCOc1ccccc1C(=O)N1CCCC1. The van der Waals surface area contributed by atoms with E-state index in [0.717, 1.165) is 38.1 Å². The number of carbonyl (C=O) groups is 1. The number of nitrogens with zero attached hydrogens (tertiary/aromatic N) is 1. The van der Waals surface area contributed by atoms with Crippen LogP contribution in [0.1, 0.15) is 49.4 Å². The van der Waals surface area contributed by atoms with Gasteiger partial charge >= 0.3 is 0 Å². The summed E-state index contributed by atoms with van der Waals surface area (Å²) in [5.74, 6) is 0.846. The Balaban J connectivity index is 2.00. The molecule has 0 aromatic heterocycles. The Hall–Kier alpha value is -1.51. The highest BCUT2D eigenvalue weighted by Gasteiger charge is 2.22. The fraction of sp³-hybridized carbons (Fsp3) is 0.562. The summed E-state index contributed by atoms with van der Waals surface area (Å²) in [5.41, 5.74) is 0.709. The minimum absolute atomic E-state index is 0.114. The number of likely N-dealkylation sites (tertiary alicyclic amines) is 1. The number of amides is 1. The Bertz CT molecular complexity index is 411. The van der Waals surface area contributed by atoms with Crippen LogP contribution in [0.2, 0.25) is 0 Å². The molecular weight excluding hydrogens is 238 g/mol. The number of unbranched alkanes of at least 4 members (excludes halogenated alkanes) is 2.